The highest BCUT2D eigenvalue weighted by atomic mass is 35.5. The number of amides is 1. The molecular formula is C14H21ClN2O3. The predicted molar refractivity (Wildman–Crippen MR) is 79.4 cm³/mol. The molecule has 0 aliphatic carbocycles. The smallest absolute Gasteiger partial charge is 0.260 e. The summed E-state index contributed by atoms with van der Waals surface area (Å²) in [6.07, 6.45) is 1.61. The van der Waals surface area contributed by atoms with E-state index in [0.29, 0.717) is 19.6 Å². The average Bonchev–Trinajstić information content (AvgIpc) is 2.46. The second kappa shape index (κ2) is 7.94. The van der Waals surface area contributed by atoms with Gasteiger partial charge < -0.3 is 14.2 Å². The van der Waals surface area contributed by atoms with E-state index in [9.17, 15) is 9.59 Å². The molecule has 1 aromatic rings. The molecule has 0 aliphatic rings. The lowest BCUT2D eigenvalue weighted by atomic mass is 10.3. The molecule has 0 aliphatic heterocycles. The Hall–Kier alpha value is -1.49. The van der Waals surface area contributed by atoms with Crippen molar-refractivity contribution in [2.75, 3.05) is 19.7 Å². The first-order chi connectivity index (χ1) is 9.57. The summed E-state index contributed by atoms with van der Waals surface area (Å²) >= 11 is 5.78. The quantitative estimate of drug-likeness (QED) is 0.722. The van der Waals surface area contributed by atoms with E-state index in [-0.39, 0.29) is 29.6 Å². The van der Waals surface area contributed by atoms with E-state index >= 15 is 0 Å². The van der Waals surface area contributed by atoms with Crippen molar-refractivity contribution in [3.8, 4) is 5.75 Å². The van der Waals surface area contributed by atoms with Crippen LogP contribution in [0.3, 0.4) is 0 Å². The molecule has 112 valence electrons. The second-order valence-corrected chi connectivity index (χ2v) is 4.53. The fourth-order valence-electron chi connectivity index (χ4n) is 1.92. The fourth-order valence-corrected chi connectivity index (χ4v) is 2.15. The highest BCUT2D eigenvalue weighted by Crippen LogP contribution is 2.09. The number of rotatable bonds is 7. The Bertz CT molecular complexity index is 510. The van der Waals surface area contributed by atoms with Gasteiger partial charge in [-0.15, -0.1) is 11.6 Å². The number of alkyl halides is 1. The third kappa shape index (κ3) is 4.00. The Labute approximate surface area is 124 Å². The van der Waals surface area contributed by atoms with Gasteiger partial charge in [-0.2, -0.15) is 0 Å². The molecule has 0 spiro atoms. The van der Waals surface area contributed by atoms with Crippen LogP contribution in [0, 0.1) is 0 Å². The monoisotopic (exact) mass is 300 g/mol. The van der Waals surface area contributed by atoms with Crippen LogP contribution in [0.15, 0.2) is 17.1 Å². The zero-order valence-electron chi connectivity index (χ0n) is 12.2. The summed E-state index contributed by atoms with van der Waals surface area (Å²) in [5.74, 6) is 0.321. The van der Waals surface area contributed by atoms with Gasteiger partial charge in [0, 0.05) is 31.4 Å². The number of hydrogen-bond acceptors (Lipinski definition) is 3. The van der Waals surface area contributed by atoms with Crippen molar-refractivity contribution in [3.05, 3.63) is 28.2 Å². The zero-order chi connectivity index (χ0) is 15.1. The van der Waals surface area contributed by atoms with E-state index in [1.54, 1.807) is 11.1 Å². The molecule has 0 fully saturated rings. The minimum absolute atomic E-state index is 0.124. The SMILES string of the molecule is CCN(CC)C(=O)COc1cn(CC)c(CCl)cc1=O. The van der Waals surface area contributed by atoms with Gasteiger partial charge >= 0.3 is 0 Å². The molecule has 5 nitrogen and oxygen atoms in total. The van der Waals surface area contributed by atoms with Gasteiger partial charge in [0.05, 0.1) is 12.1 Å². The van der Waals surface area contributed by atoms with Crippen LogP contribution < -0.4 is 10.2 Å². The van der Waals surface area contributed by atoms with Gasteiger partial charge in [-0.1, -0.05) is 0 Å². The lowest BCUT2D eigenvalue weighted by Gasteiger charge is -2.19. The number of pyridine rings is 1. The first kappa shape index (κ1) is 16.6. The van der Waals surface area contributed by atoms with E-state index in [2.05, 4.69) is 0 Å². The number of hydrogen-bond donors (Lipinski definition) is 0. The number of aryl methyl sites for hydroxylation is 1. The molecule has 1 aromatic heterocycles. The first-order valence-corrected chi connectivity index (χ1v) is 7.30. The molecule has 1 heterocycles. The van der Waals surface area contributed by atoms with Crippen molar-refractivity contribution in [1.29, 1.82) is 0 Å². The molecule has 0 N–H and O–H groups in total. The topological polar surface area (TPSA) is 51.5 Å². The van der Waals surface area contributed by atoms with E-state index < -0.39 is 0 Å². The molecule has 0 unspecified atom stereocenters. The van der Waals surface area contributed by atoms with Crippen molar-refractivity contribution >= 4 is 17.5 Å². The van der Waals surface area contributed by atoms with Crippen molar-refractivity contribution < 1.29 is 9.53 Å². The molecule has 6 heteroatoms. The molecule has 0 aromatic carbocycles. The molecular weight excluding hydrogens is 280 g/mol. The van der Waals surface area contributed by atoms with Crippen LogP contribution in [0.4, 0.5) is 0 Å². The third-order valence-corrected chi connectivity index (χ3v) is 3.40. The van der Waals surface area contributed by atoms with Crippen molar-refractivity contribution in [2.24, 2.45) is 0 Å². The maximum atomic E-state index is 11.9. The summed E-state index contributed by atoms with van der Waals surface area (Å²) in [5, 5.41) is 0. The molecule has 1 rings (SSSR count). The van der Waals surface area contributed by atoms with Crippen molar-refractivity contribution in [3.63, 3.8) is 0 Å². The molecule has 20 heavy (non-hydrogen) atoms. The summed E-state index contributed by atoms with van der Waals surface area (Å²) in [5.41, 5.74) is 0.485. The first-order valence-electron chi connectivity index (χ1n) is 6.77. The largest absolute Gasteiger partial charge is 0.478 e. The summed E-state index contributed by atoms with van der Waals surface area (Å²) in [6, 6.07) is 1.45. The fraction of sp³-hybridized carbons (Fsp3) is 0.571. The van der Waals surface area contributed by atoms with E-state index in [0.717, 1.165) is 5.69 Å². The van der Waals surface area contributed by atoms with Crippen molar-refractivity contribution in [1.82, 2.24) is 9.47 Å². The van der Waals surface area contributed by atoms with Gasteiger partial charge in [0.25, 0.3) is 5.91 Å². The maximum absolute atomic E-state index is 11.9. The third-order valence-electron chi connectivity index (χ3n) is 3.13. The van der Waals surface area contributed by atoms with Crippen LogP contribution >= 0.6 is 11.6 Å². The van der Waals surface area contributed by atoms with Gasteiger partial charge in [-0.25, -0.2) is 0 Å². The van der Waals surface area contributed by atoms with Gasteiger partial charge in [0.2, 0.25) is 5.43 Å². The normalized spacial score (nSPS) is 10.4. The molecule has 0 radical (unpaired) electrons. The maximum Gasteiger partial charge on any atom is 0.260 e. The van der Waals surface area contributed by atoms with Gasteiger partial charge in [0.15, 0.2) is 12.4 Å². The Kier molecular flexibility index (Phi) is 6.58. The van der Waals surface area contributed by atoms with E-state index in [1.807, 2.05) is 25.3 Å². The second-order valence-electron chi connectivity index (χ2n) is 4.27. The molecule has 0 bridgehead atoms. The minimum atomic E-state index is -0.252. The standard InChI is InChI=1S/C14H21ClN2O3/c1-4-16(5-2)14(19)10-20-13-9-17(6-3)11(8-15)7-12(13)18/h7,9H,4-6,8,10H2,1-3H3. The van der Waals surface area contributed by atoms with E-state index in [4.69, 9.17) is 16.3 Å². The van der Waals surface area contributed by atoms with E-state index in [1.165, 1.54) is 6.07 Å². The Morgan fingerprint density at radius 1 is 1.35 bits per heavy atom. The zero-order valence-corrected chi connectivity index (χ0v) is 12.9. The number of carbonyl (C=O) groups excluding carboxylic acids is 1. The lowest BCUT2D eigenvalue weighted by Crippen LogP contribution is -2.35. The summed E-state index contributed by atoms with van der Waals surface area (Å²) in [6.45, 7) is 7.57. The van der Waals surface area contributed by atoms with Gasteiger partial charge in [0.1, 0.15) is 0 Å². The Balaban J connectivity index is 2.83. The van der Waals surface area contributed by atoms with Crippen LogP contribution in [0.5, 0.6) is 5.75 Å². The number of likely N-dealkylation sites (N-methyl/N-ethyl adjacent to an activating group) is 1. The predicted octanol–water partition coefficient (Wildman–Crippen LogP) is 1.85. The molecule has 0 saturated heterocycles. The van der Waals surface area contributed by atoms with Crippen LogP contribution in [0.1, 0.15) is 26.5 Å². The Morgan fingerprint density at radius 3 is 2.50 bits per heavy atom. The number of ether oxygens (including phenoxy) is 1. The number of carbonyl (C=O) groups is 1. The minimum Gasteiger partial charge on any atom is -0.478 e. The van der Waals surface area contributed by atoms with Crippen LogP contribution in [0.25, 0.3) is 0 Å². The average molecular weight is 301 g/mol. The molecule has 0 saturated carbocycles. The number of halogens is 1. The van der Waals surface area contributed by atoms with Crippen LogP contribution in [-0.2, 0) is 17.2 Å². The van der Waals surface area contributed by atoms with Crippen molar-refractivity contribution in [2.45, 2.75) is 33.2 Å². The summed E-state index contributed by atoms with van der Waals surface area (Å²) in [7, 11) is 0. The number of nitrogens with zero attached hydrogens (tertiary/aromatic N) is 2. The molecule has 0 atom stereocenters. The highest BCUT2D eigenvalue weighted by molar-refractivity contribution is 6.16. The highest BCUT2D eigenvalue weighted by Gasteiger charge is 2.12. The lowest BCUT2D eigenvalue weighted by molar-refractivity contribution is -0.133. The summed E-state index contributed by atoms with van der Waals surface area (Å²) < 4.78 is 7.20. The van der Waals surface area contributed by atoms with Gasteiger partial charge in [-0.05, 0) is 20.8 Å². The van der Waals surface area contributed by atoms with Crippen LogP contribution in [0.2, 0.25) is 0 Å². The van der Waals surface area contributed by atoms with Gasteiger partial charge in [-0.3, -0.25) is 9.59 Å². The number of aromatic nitrogens is 1. The Morgan fingerprint density at radius 2 is 2.00 bits per heavy atom. The molecule has 1 amide bonds. The van der Waals surface area contributed by atoms with Crippen LogP contribution in [-0.4, -0.2) is 35.1 Å². The summed E-state index contributed by atoms with van der Waals surface area (Å²) in [4.78, 5) is 25.4.